The number of pyridine rings is 1. The highest BCUT2D eigenvalue weighted by atomic mass is 35.5. The normalized spacial score (nSPS) is 9.86. The maximum atomic E-state index is 13.3. The molecule has 0 saturated heterocycles. The highest BCUT2D eigenvalue weighted by Crippen LogP contribution is 2.21. The van der Waals surface area contributed by atoms with Gasteiger partial charge in [0, 0.05) is 23.7 Å². The molecule has 0 spiro atoms. The molecule has 21 heavy (non-hydrogen) atoms. The second-order valence-corrected chi connectivity index (χ2v) is 4.56. The number of rotatable bonds is 4. The molecular formula is C16H13ClFNO2. The third kappa shape index (κ3) is 4.45. The second kappa shape index (κ2) is 7.63. The lowest BCUT2D eigenvalue weighted by Gasteiger charge is -2.08. The summed E-state index contributed by atoms with van der Waals surface area (Å²) in [7, 11) is 0. The van der Waals surface area contributed by atoms with Crippen LogP contribution in [0, 0.1) is 17.7 Å². The molecule has 0 saturated carbocycles. The molecular weight excluding hydrogens is 293 g/mol. The number of nitrogens with zero attached hydrogens (tertiary/aromatic N) is 1. The third-order valence-electron chi connectivity index (χ3n) is 2.61. The molecule has 0 aliphatic rings. The highest BCUT2D eigenvalue weighted by Gasteiger charge is 2.06. The van der Waals surface area contributed by atoms with Crippen molar-refractivity contribution in [3.05, 3.63) is 58.6 Å². The molecule has 3 nitrogen and oxygen atoms in total. The molecule has 5 heteroatoms. The number of hydrogen-bond acceptors (Lipinski definition) is 3. The molecule has 0 radical (unpaired) electrons. The summed E-state index contributed by atoms with van der Waals surface area (Å²) in [6.45, 7) is 0.167. The van der Waals surface area contributed by atoms with Gasteiger partial charge in [-0.2, -0.15) is 0 Å². The van der Waals surface area contributed by atoms with Crippen molar-refractivity contribution in [3.63, 3.8) is 0 Å². The van der Waals surface area contributed by atoms with Gasteiger partial charge in [0.1, 0.15) is 18.2 Å². The molecule has 1 aromatic carbocycles. The van der Waals surface area contributed by atoms with Crippen LogP contribution in [0.1, 0.15) is 17.5 Å². The molecule has 2 aromatic rings. The van der Waals surface area contributed by atoms with Gasteiger partial charge in [0.05, 0.1) is 17.8 Å². The second-order valence-electron chi connectivity index (χ2n) is 4.19. The third-order valence-corrected chi connectivity index (χ3v) is 3.03. The van der Waals surface area contributed by atoms with Crippen molar-refractivity contribution in [2.45, 2.75) is 13.0 Å². The average molecular weight is 306 g/mol. The SMILES string of the molecule is OCCC#Cc1cncc(OCc2cccc(F)c2Cl)c1. The Morgan fingerprint density at radius 2 is 2.19 bits per heavy atom. The minimum atomic E-state index is -0.473. The summed E-state index contributed by atoms with van der Waals surface area (Å²) in [4.78, 5) is 4.02. The van der Waals surface area contributed by atoms with Gasteiger partial charge in [-0.3, -0.25) is 4.98 Å². The number of benzene rings is 1. The molecule has 0 atom stereocenters. The first-order valence-electron chi connectivity index (χ1n) is 6.31. The first-order chi connectivity index (χ1) is 10.2. The van der Waals surface area contributed by atoms with E-state index in [4.69, 9.17) is 21.4 Å². The zero-order chi connectivity index (χ0) is 15.1. The van der Waals surface area contributed by atoms with Crippen LogP contribution in [0.3, 0.4) is 0 Å². The van der Waals surface area contributed by atoms with Crippen LogP contribution < -0.4 is 4.74 Å². The van der Waals surface area contributed by atoms with Crippen LogP contribution in [0.25, 0.3) is 0 Å². The standard InChI is InChI=1S/C16H13ClFNO2/c17-16-13(5-3-6-15(16)18)11-21-14-8-12(9-19-10-14)4-1-2-7-20/h3,5-6,8-10,20H,2,7,11H2. The van der Waals surface area contributed by atoms with Crippen LogP contribution >= 0.6 is 11.6 Å². The lowest BCUT2D eigenvalue weighted by molar-refractivity contribution is 0.304. The Balaban J connectivity index is 2.05. The van der Waals surface area contributed by atoms with E-state index in [0.717, 1.165) is 0 Å². The number of ether oxygens (including phenoxy) is 1. The minimum Gasteiger partial charge on any atom is -0.487 e. The molecule has 0 unspecified atom stereocenters. The molecule has 1 heterocycles. The predicted octanol–water partition coefficient (Wildman–Crippen LogP) is 3.19. The van der Waals surface area contributed by atoms with Crippen LogP contribution in [0.4, 0.5) is 4.39 Å². The van der Waals surface area contributed by atoms with Gasteiger partial charge in [-0.05, 0) is 12.1 Å². The maximum absolute atomic E-state index is 13.3. The zero-order valence-electron chi connectivity index (χ0n) is 11.1. The van der Waals surface area contributed by atoms with Gasteiger partial charge in [-0.15, -0.1) is 0 Å². The van der Waals surface area contributed by atoms with Crippen LogP contribution in [0.15, 0.2) is 36.7 Å². The van der Waals surface area contributed by atoms with Gasteiger partial charge >= 0.3 is 0 Å². The van der Waals surface area contributed by atoms with Crippen molar-refractivity contribution in [1.82, 2.24) is 4.98 Å². The average Bonchev–Trinajstić information content (AvgIpc) is 2.50. The highest BCUT2D eigenvalue weighted by molar-refractivity contribution is 6.31. The van der Waals surface area contributed by atoms with Gasteiger partial charge in [0.25, 0.3) is 0 Å². The topological polar surface area (TPSA) is 42.4 Å². The van der Waals surface area contributed by atoms with E-state index in [1.165, 1.54) is 6.07 Å². The van der Waals surface area contributed by atoms with Crippen LogP contribution in [0.2, 0.25) is 5.02 Å². The van der Waals surface area contributed by atoms with Crippen LogP contribution in [-0.2, 0) is 6.61 Å². The van der Waals surface area contributed by atoms with E-state index in [1.54, 1.807) is 30.6 Å². The maximum Gasteiger partial charge on any atom is 0.142 e. The fraction of sp³-hybridized carbons (Fsp3) is 0.188. The summed E-state index contributed by atoms with van der Waals surface area (Å²) in [5, 5.41) is 8.73. The summed E-state index contributed by atoms with van der Waals surface area (Å²) in [6.07, 6.45) is 3.56. The number of halogens is 2. The molecule has 0 aliphatic carbocycles. The Bertz CT molecular complexity index is 679. The Labute approximate surface area is 127 Å². The number of aromatic nitrogens is 1. The molecule has 1 N–H and O–H groups in total. The van der Waals surface area contributed by atoms with E-state index in [0.29, 0.717) is 23.3 Å². The minimum absolute atomic E-state index is 0.0225. The molecule has 0 aliphatic heterocycles. The van der Waals surface area contributed by atoms with Gasteiger partial charge in [0.2, 0.25) is 0 Å². The van der Waals surface area contributed by atoms with Crippen LogP contribution in [0.5, 0.6) is 5.75 Å². The first kappa shape index (κ1) is 15.3. The Morgan fingerprint density at radius 1 is 1.33 bits per heavy atom. The quantitative estimate of drug-likeness (QED) is 0.882. The van der Waals surface area contributed by atoms with Crippen molar-refractivity contribution in [2.24, 2.45) is 0 Å². The van der Waals surface area contributed by atoms with Gasteiger partial charge in [-0.1, -0.05) is 35.6 Å². The monoisotopic (exact) mass is 305 g/mol. The fourth-order valence-corrected chi connectivity index (χ4v) is 1.79. The molecule has 0 bridgehead atoms. The van der Waals surface area contributed by atoms with E-state index in [9.17, 15) is 4.39 Å². The predicted molar refractivity (Wildman–Crippen MR) is 78.6 cm³/mol. The van der Waals surface area contributed by atoms with Gasteiger partial charge in [0.15, 0.2) is 0 Å². The van der Waals surface area contributed by atoms with Crippen molar-refractivity contribution < 1.29 is 14.2 Å². The lowest BCUT2D eigenvalue weighted by Crippen LogP contribution is -1.98. The van der Waals surface area contributed by atoms with Gasteiger partial charge in [-0.25, -0.2) is 4.39 Å². The van der Waals surface area contributed by atoms with E-state index in [-0.39, 0.29) is 18.2 Å². The van der Waals surface area contributed by atoms with E-state index >= 15 is 0 Å². The number of aliphatic hydroxyl groups excluding tert-OH is 1. The molecule has 2 rings (SSSR count). The molecule has 108 valence electrons. The van der Waals surface area contributed by atoms with E-state index in [2.05, 4.69) is 16.8 Å². The molecule has 0 amide bonds. The Kier molecular flexibility index (Phi) is 5.56. The van der Waals surface area contributed by atoms with Crippen LogP contribution in [-0.4, -0.2) is 16.7 Å². The first-order valence-corrected chi connectivity index (χ1v) is 6.69. The lowest BCUT2D eigenvalue weighted by atomic mass is 10.2. The summed E-state index contributed by atoms with van der Waals surface area (Å²) >= 11 is 5.86. The summed E-state index contributed by atoms with van der Waals surface area (Å²) in [6, 6.07) is 6.30. The van der Waals surface area contributed by atoms with E-state index < -0.39 is 5.82 Å². The number of hydrogen-bond donors (Lipinski definition) is 1. The van der Waals surface area contributed by atoms with Gasteiger partial charge < -0.3 is 9.84 Å². The van der Waals surface area contributed by atoms with Crippen molar-refractivity contribution in [2.75, 3.05) is 6.61 Å². The molecule has 1 aromatic heterocycles. The van der Waals surface area contributed by atoms with Crippen molar-refractivity contribution in [1.29, 1.82) is 0 Å². The van der Waals surface area contributed by atoms with Crippen molar-refractivity contribution in [3.8, 4) is 17.6 Å². The zero-order valence-corrected chi connectivity index (χ0v) is 11.9. The fourth-order valence-electron chi connectivity index (χ4n) is 1.61. The largest absolute Gasteiger partial charge is 0.487 e. The summed E-state index contributed by atoms with van der Waals surface area (Å²) < 4.78 is 18.8. The Morgan fingerprint density at radius 3 is 3.00 bits per heavy atom. The molecule has 0 fully saturated rings. The Hall–Kier alpha value is -2.09. The number of aliphatic hydroxyl groups is 1. The van der Waals surface area contributed by atoms with Crippen molar-refractivity contribution >= 4 is 11.6 Å². The smallest absolute Gasteiger partial charge is 0.142 e. The summed E-state index contributed by atoms with van der Waals surface area (Å²) in [5.41, 5.74) is 1.25. The summed E-state index contributed by atoms with van der Waals surface area (Å²) in [5.74, 6) is 5.72. The van der Waals surface area contributed by atoms with E-state index in [1.807, 2.05) is 0 Å².